The lowest BCUT2D eigenvalue weighted by Gasteiger charge is -2.36. The Balaban J connectivity index is 1.30. The molecule has 1 aliphatic heterocycles. The number of nitrogens with one attached hydrogen (secondary N) is 1. The summed E-state index contributed by atoms with van der Waals surface area (Å²) in [6.07, 6.45) is 0.0970. The molecule has 35 heavy (non-hydrogen) atoms. The molecule has 4 rings (SSSR count). The minimum Gasteiger partial charge on any atom is -0.481 e. The van der Waals surface area contributed by atoms with Crippen LogP contribution in [0.4, 0.5) is 13.6 Å². The molecule has 7 nitrogen and oxygen atoms in total. The lowest BCUT2D eigenvalue weighted by Crippen LogP contribution is -2.52. The van der Waals surface area contributed by atoms with Gasteiger partial charge in [0.25, 0.3) is 5.92 Å². The Morgan fingerprint density at radius 1 is 1.11 bits per heavy atom. The van der Waals surface area contributed by atoms with Gasteiger partial charge in [0, 0.05) is 37.5 Å². The van der Waals surface area contributed by atoms with E-state index in [4.69, 9.17) is 9.84 Å². The van der Waals surface area contributed by atoms with Gasteiger partial charge in [-0.05, 0) is 29.2 Å². The number of carboxylic acid groups (broad SMARTS) is 1. The van der Waals surface area contributed by atoms with Gasteiger partial charge < -0.3 is 20.1 Å². The summed E-state index contributed by atoms with van der Waals surface area (Å²) in [6, 6.07) is 16.0. The van der Waals surface area contributed by atoms with Crippen LogP contribution in [0.15, 0.2) is 60.2 Å². The summed E-state index contributed by atoms with van der Waals surface area (Å²) in [4.78, 5) is 37.1. The second kappa shape index (κ2) is 9.85. The molecule has 2 aliphatic rings. The van der Waals surface area contributed by atoms with Crippen LogP contribution in [0.25, 0.3) is 11.1 Å². The molecule has 2 N–H and O–H groups in total. The molecule has 1 heterocycles. The van der Waals surface area contributed by atoms with Crippen molar-refractivity contribution < 1.29 is 33.0 Å². The highest BCUT2D eigenvalue weighted by Crippen LogP contribution is 2.44. The van der Waals surface area contributed by atoms with Crippen molar-refractivity contribution in [2.75, 3.05) is 26.2 Å². The lowest BCUT2D eigenvalue weighted by atomic mass is 9.93. The van der Waals surface area contributed by atoms with Crippen LogP contribution in [-0.4, -0.2) is 60.1 Å². The molecule has 2 aromatic rings. The van der Waals surface area contributed by atoms with Crippen LogP contribution in [0.5, 0.6) is 0 Å². The Hall–Kier alpha value is -3.75. The van der Waals surface area contributed by atoms with Crippen molar-refractivity contribution in [3.05, 3.63) is 71.3 Å². The lowest BCUT2D eigenvalue weighted by molar-refractivity contribution is -0.168. The molecule has 0 aromatic heterocycles. The monoisotopic (exact) mass is 484 g/mol. The number of alkyl carbamates (subject to hydrolysis) is 1. The van der Waals surface area contributed by atoms with Gasteiger partial charge in [-0.2, -0.15) is 0 Å². The molecule has 0 spiro atoms. The van der Waals surface area contributed by atoms with Crippen LogP contribution < -0.4 is 5.32 Å². The van der Waals surface area contributed by atoms with Crippen molar-refractivity contribution >= 4 is 18.0 Å². The van der Waals surface area contributed by atoms with Gasteiger partial charge in [0.1, 0.15) is 12.5 Å². The van der Waals surface area contributed by atoms with Crippen LogP contribution in [0.1, 0.15) is 30.4 Å². The van der Waals surface area contributed by atoms with Crippen LogP contribution in [0.3, 0.4) is 0 Å². The first-order valence-electron chi connectivity index (χ1n) is 11.3. The summed E-state index contributed by atoms with van der Waals surface area (Å²) in [6.45, 7) is 0.845. The molecule has 1 atom stereocenters. The molecule has 9 heteroatoms. The van der Waals surface area contributed by atoms with Crippen LogP contribution in [0, 0.1) is 5.92 Å². The topological polar surface area (TPSA) is 95.9 Å². The Bertz CT molecular complexity index is 1130. The van der Waals surface area contributed by atoms with Gasteiger partial charge in [0.05, 0.1) is 0 Å². The zero-order chi connectivity index (χ0) is 25.2. The summed E-state index contributed by atoms with van der Waals surface area (Å²) in [5, 5.41) is 11.6. The van der Waals surface area contributed by atoms with Crippen molar-refractivity contribution in [3.8, 4) is 11.1 Å². The minimum atomic E-state index is -3.36. The first kappa shape index (κ1) is 24.4. The average Bonchev–Trinajstić information content (AvgIpc) is 3.15. The fourth-order valence-electron chi connectivity index (χ4n) is 4.62. The number of aliphatic carboxylic acids is 1. The number of amides is 2. The number of halogens is 2. The maximum absolute atomic E-state index is 13.8. The van der Waals surface area contributed by atoms with E-state index in [1.165, 1.54) is 13.0 Å². The van der Waals surface area contributed by atoms with Crippen molar-refractivity contribution in [3.63, 3.8) is 0 Å². The number of hydrogen-bond acceptors (Lipinski definition) is 4. The number of alkyl halides is 2. The molecule has 2 aromatic carbocycles. The van der Waals surface area contributed by atoms with E-state index in [1.54, 1.807) is 0 Å². The predicted molar refractivity (Wildman–Crippen MR) is 124 cm³/mol. The number of likely N-dealkylation sites (tertiary alicyclic amines) is 1. The SMILES string of the molecule is C/C(=C\CNC(=O)OCC1c2ccccc2-c2ccccc21)C(=O)N1CCC(F)(F)C(C(=O)O)C1. The van der Waals surface area contributed by atoms with Gasteiger partial charge in [-0.15, -0.1) is 0 Å². The van der Waals surface area contributed by atoms with Crippen LogP contribution >= 0.6 is 0 Å². The van der Waals surface area contributed by atoms with Gasteiger partial charge in [0.15, 0.2) is 0 Å². The van der Waals surface area contributed by atoms with E-state index in [-0.39, 0.29) is 31.2 Å². The van der Waals surface area contributed by atoms with Gasteiger partial charge >= 0.3 is 12.1 Å². The number of nitrogens with zero attached hydrogens (tertiary/aromatic N) is 1. The summed E-state index contributed by atoms with van der Waals surface area (Å²) >= 11 is 0. The highest BCUT2D eigenvalue weighted by Gasteiger charge is 2.49. The van der Waals surface area contributed by atoms with Crippen LogP contribution in [-0.2, 0) is 14.3 Å². The maximum Gasteiger partial charge on any atom is 0.407 e. The van der Waals surface area contributed by atoms with Crippen molar-refractivity contribution in [2.45, 2.75) is 25.2 Å². The van der Waals surface area contributed by atoms with E-state index < -0.39 is 42.8 Å². The third kappa shape index (κ3) is 5.03. The number of hydrogen-bond donors (Lipinski definition) is 2. The number of piperidine rings is 1. The molecule has 1 aliphatic carbocycles. The first-order valence-corrected chi connectivity index (χ1v) is 11.3. The summed E-state index contributed by atoms with van der Waals surface area (Å²) in [5.74, 6) is -7.54. The number of carbonyl (C=O) groups is 3. The molecule has 184 valence electrons. The third-order valence-electron chi connectivity index (χ3n) is 6.55. The van der Waals surface area contributed by atoms with Gasteiger partial charge in [0.2, 0.25) is 5.91 Å². The summed E-state index contributed by atoms with van der Waals surface area (Å²) in [5.41, 5.74) is 4.65. The van der Waals surface area contributed by atoms with E-state index in [0.717, 1.165) is 27.2 Å². The largest absolute Gasteiger partial charge is 0.481 e. The van der Waals surface area contributed by atoms with E-state index in [0.29, 0.717) is 0 Å². The second-order valence-corrected chi connectivity index (χ2v) is 8.75. The van der Waals surface area contributed by atoms with Crippen molar-refractivity contribution in [1.29, 1.82) is 0 Å². The van der Waals surface area contributed by atoms with E-state index in [1.807, 2.05) is 48.5 Å². The molecule has 2 amide bonds. The van der Waals surface area contributed by atoms with Gasteiger partial charge in [-0.3, -0.25) is 9.59 Å². The second-order valence-electron chi connectivity index (χ2n) is 8.75. The Morgan fingerprint density at radius 3 is 2.31 bits per heavy atom. The molecule has 1 unspecified atom stereocenters. The van der Waals surface area contributed by atoms with E-state index >= 15 is 0 Å². The Kier molecular flexibility index (Phi) is 6.86. The van der Waals surface area contributed by atoms with E-state index in [9.17, 15) is 23.2 Å². The standard InChI is InChI=1S/C26H26F2N2O5/c1-16(23(31)30-13-11-26(27,28)22(14-30)24(32)33)10-12-29-25(34)35-15-21-19-8-4-2-6-17(19)18-7-3-5-9-20(18)21/h2-10,21-22H,11-15H2,1H3,(H,29,34)(H,32,33)/b16-10+. The molecule has 1 saturated heterocycles. The molecule has 0 bridgehead atoms. The van der Waals surface area contributed by atoms with Crippen LogP contribution in [0.2, 0.25) is 0 Å². The minimum absolute atomic E-state index is 0.000601. The number of carboxylic acids is 1. The first-order chi connectivity index (χ1) is 16.7. The molecule has 0 radical (unpaired) electrons. The maximum atomic E-state index is 13.8. The van der Waals surface area contributed by atoms with E-state index in [2.05, 4.69) is 5.32 Å². The van der Waals surface area contributed by atoms with Gasteiger partial charge in [-0.1, -0.05) is 54.6 Å². The Morgan fingerprint density at radius 2 is 1.71 bits per heavy atom. The number of fused-ring (bicyclic) bond motifs is 3. The number of carbonyl (C=O) groups excluding carboxylic acids is 2. The quantitative estimate of drug-likeness (QED) is 0.604. The highest BCUT2D eigenvalue weighted by atomic mass is 19.3. The fraction of sp³-hybridized carbons (Fsp3) is 0.346. The van der Waals surface area contributed by atoms with Crippen molar-refractivity contribution in [2.24, 2.45) is 5.92 Å². The molecule has 0 saturated carbocycles. The molecular weight excluding hydrogens is 458 g/mol. The zero-order valence-electron chi connectivity index (χ0n) is 19.2. The van der Waals surface area contributed by atoms with Gasteiger partial charge in [-0.25, -0.2) is 13.6 Å². The number of rotatable bonds is 6. The number of benzene rings is 2. The number of ether oxygens (including phenoxy) is 1. The smallest absolute Gasteiger partial charge is 0.407 e. The molecule has 1 fully saturated rings. The third-order valence-corrected chi connectivity index (χ3v) is 6.55. The predicted octanol–water partition coefficient (Wildman–Crippen LogP) is 4.04. The summed E-state index contributed by atoms with van der Waals surface area (Å²) in [7, 11) is 0. The Labute approximate surface area is 201 Å². The zero-order valence-corrected chi connectivity index (χ0v) is 19.2. The fourth-order valence-corrected chi connectivity index (χ4v) is 4.62. The normalized spacial score (nSPS) is 19.0. The highest BCUT2D eigenvalue weighted by molar-refractivity contribution is 5.93. The summed E-state index contributed by atoms with van der Waals surface area (Å²) < 4.78 is 33.0. The molecular formula is C26H26F2N2O5. The average molecular weight is 484 g/mol. The van der Waals surface area contributed by atoms with Crippen molar-refractivity contribution in [1.82, 2.24) is 10.2 Å².